The molecule has 0 aromatic carbocycles. The Kier molecular flexibility index (Phi) is 9.84. The molecule has 0 bridgehead atoms. The zero-order valence-electron chi connectivity index (χ0n) is 15.5. The summed E-state index contributed by atoms with van der Waals surface area (Å²) >= 11 is -2.47. The van der Waals surface area contributed by atoms with Crippen molar-refractivity contribution in [1.29, 1.82) is 0 Å². The van der Waals surface area contributed by atoms with Crippen LogP contribution < -0.4 is 9.03 Å². The van der Waals surface area contributed by atoms with Gasteiger partial charge in [0.1, 0.15) is 0 Å². The first-order valence-electron chi connectivity index (χ1n) is 9.32. The molecule has 130 valence electrons. The van der Waals surface area contributed by atoms with Gasteiger partial charge in [-0.25, -0.2) is 0 Å². The number of hydrogen-bond donors (Lipinski definition) is 1. The van der Waals surface area contributed by atoms with E-state index in [-0.39, 0.29) is 5.91 Å². The van der Waals surface area contributed by atoms with Crippen LogP contribution in [-0.2, 0) is 4.79 Å². The zero-order chi connectivity index (χ0) is 17.1. The molecule has 0 aliphatic heterocycles. The van der Waals surface area contributed by atoms with Gasteiger partial charge in [-0.05, 0) is 0 Å². The number of anilines is 1. The Morgan fingerprint density at radius 2 is 1.57 bits per heavy atom. The minimum absolute atomic E-state index is 0.00127. The number of nitrogens with one attached hydrogen (secondary N) is 1. The Labute approximate surface area is 146 Å². The molecule has 0 fully saturated rings. The van der Waals surface area contributed by atoms with Crippen LogP contribution in [0.3, 0.4) is 0 Å². The summed E-state index contributed by atoms with van der Waals surface area (Å²) < 4.78 is 5.59. The molecule has 1 aromatic heterocycles. The molecular formula is C19H34N2OSn. The monoisotopic (exact) mass is 426 g/mol. The Morgan fingerprint density at radius 3 is 2.00 bits per heavy atom. The molecule has 0 spiro atoms. The van der Waals surface area contributed by atoms with Crippen LogP contribution in [0.4, 0.5) is 5.69 Å². The maximum absolute atomic E-state index is 11.4. The third-order valence-electron chi connectivity index (χ3n) is 4.65. The summed E-state index contributed by atoms with van der Waals surface area (Å²) in [7, 11) is 0. The van der Waals surface area contributed by atoms with E-state index >= 15 is 0 Å². The van der Waals surface area contributed by atoms with Crippen molar-refractivity contribution in [2.45, 2.75) is 79.5 Å². The molecule has 23 heavy (non-hydrogen) atoms. The Hall–Kier alpha value is -0.581. The molecule has 0 aliphatic rings. The minimum atomic E-state index is -2.47. The predicted molar refractivity (Wildman–Crippen MR) is 103 cm³/mol. The number of carbonyl (C=O) groups excluding carboxylic acids is 1. The number of amides is 1. The third kappa shape index (κ3) is 6.82. The number of aromatic nitrogens is 1. The van der Waals surface area contributed by atoms with Gasteiger partial charge in [0, 0.05) is 0 Å². The van der Waals surface area contributed by atoms with Crippen molar-refractivity contribution >= 4 is 33.7 Å². The second kappa shape index (κ2) is 11.1. The van der Waals surface area contributed by atoms with E-state index in [1.54, 1.807) is 6.92 Å². The van der Waals surface area contributed by atoms with Gasteiger partial charge in [0.25, 0.3) is 0 Å². The molecule has 4 heteroatoms. The standard InChI is InChI=1S/C7H7N2O.3C4H9.Sn/c1-6(10)9-7-2-4-8-5-3-7;3*1-3-4-2;/h2-4H,1H3,(H,8,9,10);3*1,3-4H2,2H3;. The zero-order valence-corrected chi connectivity index (χ0v) is 18.3. The number of hydrogen-bond acceptors (Lipinski definition) is 2. The topological polar surface area (TPSA) is 42.0 Å². The van der Waals surface area contributed by atoms with E-state index in [4.69, 9.17) is 4.98 Å². The van der Waals surface area contributed by atoms with Crippen LogP contribution >= 0.6 is 0 Å². The summed E-state index contributed by atoms with van der Waals surface area (Å²) in [5.41, 5.74) is 0.924. The van der Waals surface area contributed by atoms with E-state index in [9.17, 15) is 4.79 Å². The normalized spacial score (nSPS) is 11.5. The molecule has 1 N–H and O–H groups in total. The number of pyridine rings is 1. The molecule has 0 radical (unpaired) electrons. The molecule has 1 rings (SSSR count). The molecule has 1 heterocycles. The fourth-order valence-electron chi connectivity index (χ4n) is 3.31. The van der Waals surface area contributed by atoms with Gasteiger partial charge in [0.2, 0.25) is 0 Å². The van der Waals surface area contributed by atoms with Crippen LogP contribution in [0.15, 0.2) is 18.3 Å². The van der Waals surface area contributed by atoms with Crippen molar-refractivity contribution in [3.05, 3.63) is 18.3 Å². The van der Waals surface area contributed by atoms with E-state index < -0.39 is 18.4 Å². The summed E-state index contributed by atoms with van der Waals surface area (Å²) in [6.45, 7) is 8.44. The van der Waals surface area contributed by atoms with Crippen molar-refractivity contribution in [2.75, 3.05) is 5.32 Å². The summed E-state index contributed by atoms with van der Waals surface area (Å²) in [5.74, 6) is -0.00127. The first-order chi connectivity index (χ1) is 11.1. The van der Waals surface area contributed by atoms with Gasteiger partial charge in [0.15, 0.2) is 0 Å². The second-order valence-electron chi connectivity index (χ2n) is 6.70. The average molecular weight is 425 g/mol. The summed E-state index contributed by atoms with van der Waals surface area (Å²) in [6, 6.07) is 4.11. The SMILES string of the molecule is CCC[CH2][Sn]([CH2]CCC)([CH2]CCC)[c]1cc(NC(C)=O)ccn1. The fraction of sp³-hybridized carbons (Fsp3) is 0.684. The van der Waals surface area contributed by atoms with Gasteiger partial charge in [0.05, 0.1) is 0 Å². The van der Waals surface area contributed by atoms with Gasteiger partial charge >= 0.3 is 147 Å². The number of rotatable bonds is 11. The van der Waals surface area contributed by atoms with Gasteiger partial charge < -0.3 is 0 Å². The maximum atomic E-state index is 11.4. The molecule has 0 saturated carbocycles. The van der Waals surface area contributed by atoms with E-state index in [1.807, 2.05) is 12.3 Å². The molecule has 0 saturated heterocycles. The molecule has 3 nitrogen and oxygen atoms in total. The fourth-order valence-corrected chi connectivity index (χ4v) is 18.8. The molecule has 1 amide bonds. The van der Waals surface area contributed by atoms with E-state index in [2.05, 4.69) is 32.2 Å². The van der Waals surface area contributed by atoms with Gasteiger partial charge in [-0.15, -0.1) is 0 Å². The van der Waals surface area contributed by atoms with E-state index in [1.165, 1.54) is 55.5 Å². The Bertz CT molecular complexity index is 454. The van der Waals surface area contributed by atoms with Crippen molar-refractivity contribution in [1.82, 2.24) is 4.98 Å². The van der Waals surface area contributed by atoms with Crippen LogP contribution in [0.25, 0.3) is 0 Å². The van der Waals surface area contributed by atoms with Crippen LogP contribution in [0.1, 0.15) is 66.2 Å². The van der Waals surface area contributed by atoms with Crippen LogP contribution in [0.5, 0.6) is 0 Å². The molecule has 0 aliphatic carbocycles. The average Bonchev–Trinajstić information content (AvgIpc) is 2.54. The number of nitrogens with zero attached hydrogens (tertiary/aromatic N) is 1. The van der Waals surface area contributed by atoms with Crippen LogP contribution in [-0.4, -0.2) is 29.3 Å². The predicted octanol–water partition coefficient (Wildman–Crippen LogP) is 5.10. The van der Waals surface area contributed by atoms with E-state index in [0.717, 1.165) is 5.69 Å². The van der Waals surface area contributed by atoms with Crippen LogP contribution in [0, 0.1) is 0 Å². The molecular weight excluding hydrogens is 391 g/mol. The first-order valence-corrected chi connectivity index (χ1v) is 16.8. The Balaban J connectivity index is 3.14. The first kappa shape index (κ1) is 20.5. The second-order valence-corrected chi connectivity index (χ2v) is 19.8. The Morgan fingerprint density at radius 1 is 1.04 bits per heavy atom. The van der Waals surface area contributed by atoms with E-state index in [0.29, 0.717) is 0 Å². The van der Waals surface area contributed by atoms with Gasteiger partial charge in [-0.2, -0.15) is 0 Å². The van der Waals surface area contributed by atoms with Gasteiger partial charge in [-0.3, -0.25) is 0 Å². The van der Waals surface area contributed by atoms with Crippen molar-refractivity contribution in [3.8, 4) is 0 Å². The molecule has 0 unspecified atom stereocenters. The van der Waals surface area contributed by atoms with Crippen molar-refractivity contribution < 1.29 is 4.79 Å². The summed E-state index contributed by atoms with van der Waals surface area (Å²) in [4.78, 5) is 16.2. The quantitative estimate of drug-likeness (QED) is 0.502. The third-order valence-corrected chi connectivity index (χ3v) is 19.8. The van der Waals surface area contributed by atoms with Gasteiger partial charge in [-0.1, -0.05) is 0 Å². The number of carbonyl (C=O) groups is 1. The summed E-state index contributed by atoms with van der Waals surface area (Å²) in [6.07, 6.45) is 9.68. The van der Waals surface area contributed by atoms with Crippen molar-refractivity contribution in [3.63, 3.8) is 0 Å². The van der Waals surface area contributed by atoms with Crippen LogP contribution in [0.2, 0.25) is 13.3 Å². The molecule has 0 atom stereocenters. The summed E-state index contributed by atoms with van der Waals surface area (Å²) in [5, 5.41) is 2.94. The molecule has 1 aromatic rings. The van der Waals surface area contributed by atoms with Crippen molar-refractivity contribution in [2.24, 2.45) is 0 Å². The number of unbranched alkanes of at least 4 members (excludes halogenated alkanes) is 3.